The monoisotopic (exact) mass is 262 g/mol. The van der Waals surface area contributed by atoms with Gasteiger partial charge in [-0.3, -0.25) is 14.7 Å². The second-order valence-corrected chi connectivity index (χ2v) is 6.10. The van der Waals surface area contributed by atoms with Gasteiger partial charge in [0, 0.05) is 25.7 Å². The first kappa shape index (κ1) is 14.0. The Kier molecular flexibility index (Phi) is 4.20. The molecule has 4 heteroatoms. The average Bonchev–Trinajstić information content (AvgIpc) is 2.33. The van der Waals surface area contributed by atoms with Crippen LogP contribution in [0.1, 0.15) is 32.4 Å². The summed E-state index contributed by atoms with van der Waals surface area (Å²) in [5.41, 5.74) is 1.13. The van der Waals surface area contributed by atoms with Crippen LogP contribution in [0, 0.1) is 11.3 Å². The Morgan fingerprint density at radius 2 is 2.32 bits per heavy atom. The molecular weight excluding hydrogens is 240 g/mol. The lowest BCUT2D eigenvalue weighted by molar-refractivity contribution is -0.140. The zero-order chi connectivity index (χ0) is 13.9. The molecule has 104 valence electrons. The van der Waals surface area contributed by atoms with Gasteiger partial charge in [-0.2, -0.15) is 0 Å². The molecule has 19 heavy (non-hydrogen) atoms. The van der Waals surface area contributed by atoms with Gasteiger partial charge < -0.3 is 5.11 Å². The highest BCUT2D eigenvalue weighted by molar-refractivity contribution is 5.67. The number of likely N-dealkylation sites (tertiary alicyclic amines) is 1. The van der Waals surface area contributed by atoms with E-state index in [0.29, 0.717) is 0 Å². The predicted molar refractivity (Wildman–Crippen MR) is 73.7 cm³/mol. The van der Waals surface area contributed by atoms with E-state index in [1.54, 1.807) is 0 Å². The Labute approximate surface area is 114 Å². The van der Waals surface area contributed by atoms with Crippen LogP contribution < -0.4 is 0 Å². The van der Waals surface area contributed by atoms with Gasteiger partial charge in [-0.1, -0.05) is 19.9 Å². The van der Waals surface area contributed by atoms with Crippen molar-refractivity contribution < 1.29 is 9.90 Å². The molecule has 1 saturated heterocycles. The van der Waals surface area contributed by atoms with Gasteiger partial charge in [0.15, 0.2) is 0 Å². The predicted octanol–water partition coefficient (Wildman–Crippen LogP) is 2.40. The quantitative estimate of drug-likeness (QED) is 0.905. The largest absolute Gasteiger partial charge is 0.481 e. The molecule has 0 amide bonds. The summed E-state index contributed by atoms with van der Waals surface area (Å²) in [4.78, 5) is 17.6. The van der Waals surface area contributed by atoms with E-state index >= 15 is 0 Å². The van der Waals surface area contributed by atoms with Gasteiger partial charge in [0.05, 0.1) is 5.69 Å². The van der Waals surface area contributed by atoms with Crippen LogP contribution in [0.4, 0.5) is 0 Å². The fourth-order valence-corrected chi connectivity index (χ4v) is 2.96. The third kappa shape index (κ3) is 3.77. The minimum atomic E-state index is -0.684. The smallest absolute Gasteiger partial charge is 0.303 e. The molecule has 1 atom stereocenters. The van der Waals surface area contributed by atoms with E-state index < -0.39 is 5.97 Å². The molecule has 1 aliphatic rings. The summed E-state index contributed by atoms with van der Waals surface area (Å²) < 4.78 is 0. The van der Waals surface area contributed by atoms with Gasteiger partial charge >= 0.3 is 5.97 Å². The first-order valence-corrected chi connectivity index (χ1v) is 6.81. The van der Waals surface area contributed by atoms with Gasteiger partial charge in [-0.15, -0.1) is 0 Å². The topological polar surface area (TPSA) is 53.4 Å². The van der Waals surface area contributed by atoms with E-state index in [9.17, 15) is 4.79 Å². The molecule has 4 nitrogen and oxygen atoms in total. The molecule has 1 fully saturated rings. The van der Waals surface area contributed by atoms with E-state index in [1.165, 1.54) is 0 Å². The number of carboxylic acids is 1. The first-order valence-electron chi connectivity index (χ1n) is 6.81. The zero-order valence-corrected chi connectivity index (χ0v) is 11.7. The summed E-state index contributed by atoms with van der Waals surface area (Å²) in [6.07, 6.45) is 3.05. The summed E-state index contributed by atoms with van der Waals surface area (Å²) >= 11 is 0. The summed E-state index contributed by atoms with van der Waals surface area (Å²) in [6.45, 7) is 7.08. The van der Waals surface area contributed by atoms with E-state index in [-0.39, 0.29) is 17.8 Å². The molecule has 1 aromatic rings. The number of carbonyl (C=O) groups is 1. The van der Waals surface area contributed by atoms with Crippen molar-refractivity contribution >= 4 is 5.97 Å². The van der Waals surface area contributed by atoms with Gasteiger partial charge in [0.25, 0.3) is 0 Å². The van der Waals surface area contributed by atoms with E-state index in [2.05, 4.69) is 23.7 Å². The van der Waals surface area contributed by atoms with Crippen molar-refractivity contribution in [2.45, 2.75) is 33.2 Å². The summed E-state index contributed by atoms with van der Waals surface area (Å²) in [7, 11) is 0. The van der Waals surface area contributed by atoms with E-state index in [4.69, 9.17) is 5.11 Å². The van der Waals surface area contributed by atoms with Gasteiger partial charge in [-0.05, 0) is 36.4 Å². The highest BCUT2D eigenvalue weighted by atomic mass is 16.4. The van der Waals surface area contributed by atoms with Crippen LogP contribution in [0.5, 0.6) is 0 Å². The van der Waals surface area contributed by atoms with Crippen LogP contribution >= 0.6 is 0 Å². The van der Waals surface area contributed by atoms with Crippen molar-refractivity contribution in [3.05, 3.63) is 30.1 Å². The van der Waals surface area contributed by atoms with Crippen molar-refractivity contribution in [1.82, 2.24) is 9.88 Å². The second-order valence-electron chi connectivity index (χ2n) is 6.10. The summed E-state index contributed by atoms with van der Waals surface area (Å²) in [5.74, 6) is -0.416. The number of rotatable bonds is 4. The van der Waals surface area contributed by atoms with E-state index in [0.717, 1.165) is 31.7 Å². The summed E-state index contributed by atoms with van der Waals surface area (Å²) in [6, 6.07) is 5.97. The Bertz CT molecular complexity index is 431. The number of nitrogens with zero attached hydrogens (tertiary/aromatic N) is 2. The number of aliphatic carboxylic acids is 1. The Hall–Kier alpha value is -1.42. The maximum absolute atomic E-state index is 10.9. The van der Waals surface area contributed by atoms with E-state index in [1.807, 2.05) is 24.4 Å². The summed E-state index contributed by atoms with van der Waals surface area (Å²) in [5, 5.41) is 8.98. The molecule has 1 aromatic heterocycles. The average molecular weight is 262 g/mol. The zero-order valence-electron chi connectivity index (χ0n) is 11.7. The Balaban J connectivity index is 1.96. The van der Waals surface area contributed by atoms with Gasteiger partial charge in [0.2, 0.25) is 0 Å². The lowest BCUT2D eigenvalue weighted by atomic mass is 9.72. The van der Waals surface area contributed by atoms with Crippen LogP contribution in [0.25, 0.3) is 0 Å². The highest BCUT2D eigenvalue weighted by Crippen LogP contribution is 2.37. The maximum Gasteiger partial charge on any atom is 0.303 e. The molecule has 2 rings (SSSR count). The SMILES string of the molecule is CC1(C)CN(Cc2ccccn2)CCC1CC(=O)O. The fraction of sp³-hybridized carbons (Fsp3) is 0.600. The lowest BCUT2D eigenvalue weighted by Gasteiger charge is -2.43. The number of piperidine rings is 1. The molecule has 0 spiro atoms. The number of carboxylic acid groups (broad SMARTS) is 1. The van der Waals surface area contributed by atoms with Gasteiger partial charge in [-0.25, -0.2) is 0 Å². The van der Waals surface area contributed by atoms with Crippen molar-refractivity contribution in [3.8, 4) is 0 Å². The molecule has 0 aliphatic carbocycles. The molecular formula is C15H22N2O2. The Morgan fingerprint density at radius 3 is 2.89 bits per heavy atom. The molecule has 0 bridgehead atoms. The van der Waals surface area contributed by atoms with Crippen LogP contribution in [0.2, 0.25) is 0 Å². The number of hydrogen-bond donors (Lipinski definition) is 1. The highest BCUT2D eigenvalue weighted by Gasteiger charge is 2.36. The maximum atomic E-state index is 10.9. The minimum Gasteiger partial charge on any atom is -0.481 e. The number of aromatic nitrogens is 1. The van der Waals surface area contributed by atoms with Crippen molar-refractivity contribution in [3.63, 3.8) is 0 Å². The van der Waals surface area contributed by atoms with Crippen LogP contribution in [-0.4, -0.2) is 34.0 Å². The second kappa shape index (κ2) is 5.70. The van der Waals surface area contributed by atoms with Crippen LogP contribution in [0.15, 0.2) is 24.4 Å². The first-order chi connectivity index (χ1) is 8.97. The molecule has 1 aliphatic heterocycles. The molecule has 0 saturated carbocycles. The van der Waals surface area contributed by atoms with Crippen molar-refractivity contribution in [2.24, 2.45) is 11.3 Å². The standard InChI is InChI=1S/C15H22N2O2/c1-15(2)11-17(8-6-12(15)9-14(18)19)10-13-5-3-4-7-16-13/h3-5,7,12H,6,8-11H2,1-2H3,(H,18,19). The van der Waals surface area contributed by atoms with Crippen molar-refractivity contribution in [2.75, 3.05) is 13.1 Å². The van der Waals surface area contributed by atoms with Crippen molar-refractivity contribution in [1.29, 1.82) is 0 Å². The third-order valence-electron chi connectivity index (χ3n) is 4.06. The number of hydrogen-bond acceptors (Lipinski definition) is 3. The normalized spacial score (nSPS) is 23.2. The third-order valence-corrected chi connectivity index (χ3v) is 4.06. The molecule has 2 heterocycles. The molecule has 0 aromatic carbocycles. The lowest BCUT2D eigenvalue weighted by Crippen LogP contribution is -2.46. The van der Waals surface area contributed by atoms with Gasteiger partial charge in [0.1, 0.15) is 0 Å². The minimum absolute atomic E-state index is 0.0470. The fourth-order valence-electron chi connectivity index (χ4n) is 2.96. The molecule has 1 unspecified atom stereocenters. The van der Waals surface area contributed by atoms with Crippen LogP contribution in [0.3, 0.4) is 0 Å². The Morgan fingerprint density at radius 1 is 1.53 bits per heavy atom. The molecule has 1 N–H and O–H groups in total. The van der Waals surface area contributed by atoms with Crippen LogP contribution in [-0.2, 0) is 11.3 Å². The number of pyridine rings is 1. The molecule has 0 radical (unpaired) electrons.